The van der Waals surface area contributed by atoms with Crippen molar-refractivity contribution >= 4 is 58.6 Å². The molecule has 0 fully saturated rings. The molecule has 0 unspecified atom stereocenters. The molecule has 0 heterocycles. The number of amides is 4. The van der Waals surface area contributed by atoms with Crippen LogP contribution in [0.2, 0.25) is 15.1 Å². The monoisotopic (exact) mass is 680 g/mol. The first-order chi connectivity index (χ1) is 22.1. The number of carbonyl (C=O) groups is 4. The molecule has 46 heavy (non-hydrogen) atoms. The van der Waals surface area contributed by atoms with E-state index in [0.29, 0.717) is 11.6 Å². The molecule has 4 aromatic rings. The van der Waals surface area contributed by atoms with E-state index in [9.17, 15) is 19.2 Å². The third-order valence-electron chi connectivity index (χ3n) is 6.75. The van der Waals surface area contributed by atoms with Gasteiger partial charge < -0.3 is 25.6 Å². The predicted octanol–water partition coefficient (Wildman–Crippen LogP) is 6.26. The van der Waals surface area contributed by atoms with E-state index in [0.717, 1.165) is 16.7 Å². The van der Waals surface area contributed by atoms with E-state index in [1.54, 1.807) is 49.5 Å². The SMILES string of the molecule is CN(Cc1ccccc1)C(=O)NC[C@H](NC(=O)c1c(Cl)cc(C(=O)NCc2cccc(Cl)c2)cc1Cl)C(=O)OCc1ccccc1. The largest absolute Gasteiger partial charge is 0.459 e. The summed E-state index contributed by atoms with van der Waals surface area (Å²) in [5.74, 6) is -2.05. The Hall–Kier alpha value is -4.57. The van der Waals surface area contributed by atoms with Crippen LogP contribution < -0.4 is 16.0 Å². The van der Waals surface area contributed by atoms with Crippen LogP contribution in [0.15, 0.2) is 97.1 Å². The van der Waals surface area contributed by atoms with Crippen molar-refractivity contribution in [3.8, 4) is 0 Å². The van der Waals surface area contributed by atoms with E-state index in [4.69, 9.17) is 39.5 Å². The number of esters is 1. The van der Waals surface area contributed by atoms with E-state index in [1.165, 1.54) is 17.0 Å². The normalized spacial score (nSPS) is 11.2. The fourth-order valence-electron chi connectivity index (χ4n) is 4.36. The average molecular weight is 682 g/mol. The minimum atomic E-state index is -1.29. The van der Waals surface area contributed by atoms with Crippen LogP contribution in [-0.4, -0.2) is 48.3 Å². The number of urea groups is 1. The van der Waals surface area contributed by atoms with Crippen LogP contribution in [0, 0.1) is 0 Å². The van der Waals surface area contributed by atoms with Gasteiger partial charge in [0.25, 0.3) is 11.8 Å². The Bertz CT molecular complexity index is 1670. The van der Waals surface area contributed by atoms with Crippen molar-refractivity contribution in [1.82, 2.24) is 20.9 Å². The summed E-state index contributed by atoms with van der Waals surface area (Å²) in [5.41, 5.74) is 2.42. The first-order valence-electron chi connectivity index (χ1n) is 14.2. The summed E-state index contributed by atoms with van der Waals surface area (Å²) >= 11 is 18.9. The molecule has 0 aliphatic heterocycles. The van der Waals surface area contributed by atoms with Gasteiger partial charge >= 0.3 is 12.0 Å². The third kappa shape index (κ3) is 9.97. The summed E-state index contributed by atoms with van der Waals surface area (Å²) in [7, 11) is 1.61. The van der Waals surface area contributed by atoms with Crippen molar-refractivity contribution in [1.29, 1.82) is 0 Å². The van der Waals surface area contributed by atoms with Crippen molar-refractivity contribution in [2.24, 2.45) is 0 Å². The van der Waals surface area contributed by atoms with E-state index in [2.05, 4.69) is 16.0 Å². The molecule has 3 N–H and O–H groups in total. The van der Waals surface area contributed by atoms with Crippen LogP contribution in [0.5, 0.6) is 0 Å². The van der Waals surface area contributed by atoms with Gasteiger partial charge in [-0.3, -0.25) is 9.59 Å². The maximum atomic E-state index is 13.4. The first kappa shape index (κ1) is 34.3. The molecule has 0 saturated carbocycles. The molecule has 4 aromatic carbocycles. The fraction of sp³-hybridized carbons (Fsp3) is 0.176. The maximum Gasteiger partial charge on any atom is 0.330 e. The summed E-state index contributed by atoms with van der Waals surface area (Å²) < 4.78 is 5.45. The van der Waals surface area contributed by atoms with Crippen LogP contribution in [0.1, 0.15) is 37.4 Å². The van der Waals surface area contributed by atoms with Gasteiger partial charge in [-0.05, 0) is 41.0 Å². The van der Waals surface area contributed by atoms with Gasteiger partial charge in [-0.2, -0.15) is 0 Å². The van der Waals surface area contributed by atoms with E-state index in [-0.39, 0.29) is 40.9 Å². The molecule has 12 heteroatoms. The van der Waals surface area contributed by atoms with Gasteiger partial charge in [-0.25, -0.2) is 9.59 Å². The van der Waals surface area contributed by atoms with Gasteiger partial charge in [0, 0.05) is 30.7 Å². The zero-order valence-corrected chi connectivity index (χ0v) is 27.0. The molecule has 238 valence electrons. The number of hydrogen-bond donors (Lipinski definition) is 3. The van der Waals surface area contributed by atoms with E-state index >= 15 is 0 Å². The Morgan fingerprint density at radius 1 is 0.739 bits per heavy atom. The van der Waals surface area contributed by atoms with Crippen molar-refractivity contribution < 1.29 is 23.9 Å². The summed E-state index contributed by atoms with van der Waals surface area (Å²) in [6, 6.07) is 26.3. The Kier molecular flexibility index (Phi) is 12.4. The van der Waals surface area contributed by atoms with Gasteiger partial charge in [0.2, 0.25) is 0 Å². The average Bonchev–Trinajstić information content (AvgIpc) is 3.04. The van der Waals surface area contributed by atoms with Crippen molar-refractivity contribution in [3.05, 3.63) is 140 Å². The quantitative estimate of drug-likeness (QED) is 0.153. The van der Waals surface area contributed by atoms with Gasteiger partial charge in [0.05, 0.1) is 22.2 Å². The number of hydrogen-bond acceptors (Lipinski definition) is 5. The van der Waals surface area contributed by atoms with Crippen molar-refractivity contribution in [3.63, 3.8) is 0 Å². The van der Waals surface area contributed by atoms with E-state index < -0.39 is 29.9 Å². The third-order valence-corrected chi connectivity index (χ3v) is 7.59. The number of benzene rings is 4. The lowest BCUT2D eigenvalue weighted by Crippen LogP contribution is -2.51. The van der Waals surface area contributed by atoms with Crippen LogP contribution in [0.25, 0.3) is 0 Å². The Labute approximate surface area is 281 Å². The van der Waals surface area contributed by atoms with Crippen molar-refractivity contribution in [2.75, 3.05) is 13.6 Å². The lowest BCUT2D eigenvalue weighted by molar-refractivity contribution is -0.147. The number of nitrogens with one attached hydrogen (secondary N) is 3. The molecular formula is C34H31Cl3N4O5. The van der Waals surface area contributed by atoms with Crippen LogP contribution in [0.4, 0.5) is 4.79 Å². The molecule has 1 atom stereocenters. The fourth-order valence-corrected chi connectivity index (χ4v) is 5.23. The van der Waals surface area contributed by atoms with Crippen LogP contribution >= 0.6 is 34.8 Å². The van der Waals surface area contributed by atoms with E-state index in [1.807, 2.05) is 42.5 Å². The number of ether oxygens (including phenoxy) is 1. The summed E-state index contributed by atoms with van der Waals surface area (Å²) in [6.45, 7) is 0.202. The highest BCUT2D eigenvalue weighted by molar-refractivity contribution is 6.40. The molecule has 0 spiro atoms. The minimum Gasteiger partial charge on any atom is -0.459 e. The summed E-state index contributed by atoms with van der Waals surface area (Å²) in [6.07, 6.45) is 0. The second-order valence-corrected chi connectivity index (χ2v) is 11.5. The van der Waals surface area contributed by atoms with Crippen molar-refractivity contribution in [2.45, 2.75) is 25.7 Å². The summed E-state index contributed by atoms with van der Waals surface area (Å²) in [4.78, 5) is 53.6. The van der Waals surface area contributed by atoms with Crippen LogP contribution in [-0.2, 0) is 29.2 Å². The number of carbonyl (C=O) groups excluding carboxylic acids is 4. The van der Waals surface area contributed by atoms with Gasteiger partial charge in [0.15, 0.2) is 0 Å². The number of nitrogens with zero attached hydrogens (tertiary/aromatic N) is 1. The zero-order chi connectivity index (χ0) is 33.1. The standard InChI is InChI=1S/C34H31Cl3N4O5/c1-41(20-22-9-4-2-5-10-22)34(45)39-19-29(33(44)46-21-23-11-6-3-7-12-23)40-32(43)30-27(36)16-25(17-28(30)37)31(42)38-18-24-13-8-14-26(35)15-24/h2-17,29H,18-21H2,1H3,(H,38,42)(H,39,45)(H,40,43)/t29-/m0/s1. The second kappa shape index (κ2) is 16.7. The Morgan fingerprint density at radius 2 is 1.35 bits per heavy atom. The smallest absolute Gasteiger partial charge is 0.330 e. The molecule has 0 aromatic heterocycles. The predicted molar refractivity (Wildman–Crippen MR) is 178 cm³/mol. The minimum absolute atomic E-state index is 0.0472. The number of rotatable bonds is 12. The molecule has 4 rings (SSSR count). The maximum absolute atomic E-state index is 13.4. The molecule has 0 radical (unpaired) electrons. The van der Waals surface area contributed by atoms with Gasteiger partial charge in [-0.1, -0.05) is 108 Å². The highest BCUT2D eigenvalue weighted by Crippen LogP contribution is 2.27. The molecule has 0 saturated heterocycles. The molecule has 4 amide bonds. The molecule has 0 aliphatic carbocycles. The Balaban J connectivity index is 1.44. The highest BCUT2D eigenvalue weighted by atomic mass is 35.5. The second-order valence-electron chi connectivity index (χ2n) is 10.3. The molecule has 0 bridgehead atoms. The number of halogens is 3. The van der Waals surface area contributed by atoms with Gasteiger partial charge in [-0.15, -0.1) is 0 Å². The Morgan fingerprint density at radius 3 is 1.98 bits per heavy atom. The topological polar surface area (TPSA) is 117 Å². The lowest BCUT2D eigenvalue weighted by Gasteiger charge is -2.22. The molecule has 9 nitrogen and oxygen atoms in total. The highest BCUT2D eigenvalue weighted by Gasteiger charge is 2.27. The van der Waals surface area contributed by atoms with Gasteiger partial charge in [0.1, 0.15) is 12.6 Å². The van der Waals surface area contributed by atoms with Crippen LogP contribution in [0.3, 0.4) is 0 Å². The zero-order valence-electron chi connectivity index (χ0n) is 24.8. The molecule has 0 aliphatic rings. The first-order valence-corrected chi connectivity index (χ1v) is 15.3. The summed E-state index contributed by atoms with van der Waals surface area (Å²) in [5, 5.41) is 8.30. The lowest BCUT2D eigenvalue weighted by atomic mass is 10.1. The molecular weight excluding hydrogens is 651 g/mol.